The van der Waals surface area contributed by atoms with Crippen molar-refractivity contribution < 1.29 is 4.39 Å². The van der Waals surface area contributed by atoms with E-state index in [0.29, 0.717) is 6.54 Å². The van der Waals surface area contributed by atoms with Crippen LogP contribution < -0.4 is 10.2 Å². The van der Waals surface area contributed by atoms with E-state index in [9.17, 15) is 4.39 Å². The predicted molar refractivity (Wildman–Crippen MR) is 73.9 cm³/mol. The van der Waals surface area contributed by atoms with Crippen LogP contribution in [0.4, 0.5) is 15.9 Å². The summed E-state index contributed by atoms with van der Waals surface area (Å²) >= 11 is 0. The first-order chi connectivity index (χ1) is 9.20. The van der Waals surface area contributed by atoms with Crippen molar-refractivity contribution in [2.24, 2.45) is 0 Å². The highest BCUT2D eigenvalue weighted by atomic mass is 19.1. The molecule has 1 aromatic heterocycles. The fourth-order valence-electron chi connectivity index (χ4n) is 1.66. The van der Waals surface area contributed by atoms with Gasteiger partial charge in [-0.2, -0.15) is 0 Å². The molecule has 1 N–H and O–H groups in total. The number of benzene rings is 1. The van der Waals surface area contributed by atoms with Crippen LogP contribution in [0.2, 0.25) is 0 Å². The van der Waals surface area contributed by atoms with Crippen LogP contribution in [-0.2, 0) is 6.54 Å². The Bertz CT molecular complexity index is 510. The molecule has 0 aliphatic carbocycles. The van der Waals surface area contributed by atoms with Gasteiger partial charge in [0.15, 0.2) is 5.82 Å². The van der Waals surface area contributed by atoms with Crippen LogP contribution in [-0.4, -0.2) is 23.6 Å². The zero-order valence-corrected chi connectivity index (χ0v) is 11.1. The van der Waals surface area contributed by atoms with Gasteiger partial charge in [0.1, 0.15) is 5.82 Å². The molecule has 0 unspecified atom stereocenters. The van der Waals surface area contributed by atoms with Crippen LogP contribution in [0.5, 0.6) is 0 Å². The largest absolute Gasteiger partial charge is 0.328 e. The summed E-state index contributed by atoms with van der Waals surface area (Å²) in [5.41, 5.74) is 1.77. The number of aromatic nitrogens is 2. The summed E-state index contributed by atoms with van der Waals surface area (Å²) in [6.45, 7) is 3.66. The average molecular weight is 260 g/mol. The van der Waals surface area contributed by atoms with Crippen LogP contribution in [0.1, 0.15) is 12.6 Å². The van der Waals surface area contributed by atoms with Crippen molar-refractivity contribution in [3.63, 3.8) is 0 Å². The van der Waals surface area contributed by atoms with Gasteiger partial charge in [-0.1, -0.05) is 6.92 Å². The smallest absolute Gasteiger partial charge is 0.151 e. The molecule has 1 heterocycles. The highest BCUT2D eigenvalue weighted by molar-refractivity contribution is 5.57. The molecule has 0 spiro atoms. The monoisotopic (exact) mass is 260 g/mol. The Morgan fingerprint density at radius 2 is 1.89 bits per heavy atom. The van der Waals surface area contributed by atoms with Gasteiger partial charge in [0, 0.05) is 19.3 Å². The lowest BCUT2D eigenvalue weighted by atomic mass is 10.3. The van der Waals surface area contributed by atoms with E-state index in [1.807, 2.05) is 18.9 Å². The fraction of sp³-hybridized carbons (Fsp3) is 0.286. The number of nitrogens with one attached hydrogen (secondary N) is 1. The van der Waals surface area contributed by atoms with E-state index in [0.717, 1.165) is 23.7 Å². The maximum absolute atomic E-state index is 12.9. The Balaban J connectivity index is 2.10. The Kier molecular flexibility index (Phi) is 4.41. The molecule has 0 saturated heterocycles. The van der Waals surface area contributed by atoms with Gasteiger partial charge in [-0.15, -0.1) is 0 Å². The standard InChI is InChI=1S/C14H17FN4/c1-3-16-8-12-9-18-14(10-17-12)19(2)13-6-4-11(15)5-7-13/h4-7,9-10,16H,3,8H2,1-2H3. The molecule has 0 saturated carbocycles. The number of hydrogen-bond acceptors (Lipinski definition) is 4. The second-order valence-electron chi connectivity index (χ2n) is 4.18. The molecular weight excluding hydrogens is 243 g/mol. The van der Waals surface area contributed by atoms with Gasteiger partial charge in [-0.05, 0) is 30.8 Å². The molecule has 19 heavy (non-hydrogen) atoms. The van der Waals surface area contributed by atoms with Crippen molar-refractivity contribution in [2.45, 2.75) is 13.5 Å². The van der Waals surface area contributed by atoms with Crippen molar-refractivity contribution in [1.29, 1.82) is 0 Å². The van der Waals surface area contributed by atoms with Crippen LogP contribution in [0.15, 0.2) is 36.7 Å². The van der Waals surface area contributed by atoms with Crippen LogP contribution >= 0.6 is 0 Å². The zero-order chi connectivity index (χ0) is 13.7. The van der Waals surface area contributed by atoms with Gasteiger partial charge < -0.3 is 10.2 Å². The van der Waals surface area contributed by atoms with Crippen molar-refractivity contribution in [2.75, 3.05) is 18.5 Å². The maximum Gasteiger partial charge on any atom is 0.151 e. The second-order valence-corrected chi connectivity index (χ2v) is 4.18. The van der Waals surface area contributed by atoms with Crippen molar-refractivity contribution in [3.05, 3.63) is 48.2 Å². The molecule has 0 aliphatic rings. The highest BCUT2D eigenvalue weighted by Gasteiger charge is 2.06. The molecule has 0 aliphatic heterocycles. The lowest BCUT2D eigenvalue weighted by Crippen LogP contribution is -2.15. The molecule has 1 aromatic carbocycles. The number of nitrogens with zero attached hydrogens (tertiary/aromatic N) is 3. The first-order valence-electron chi connectivity index (χ1n) is 6.21. The molecule has 0 bridgehead atoms. The minimum atomic E-state index is -0.246. The Hall–Kier alpha value is -2.01. The summed E-state index contributed by atoms with van der Waals surface area (Å²) in [7, 11) is 1.88. The number of halogens is 1. The van der Waals surface area contributed by atoms with E-state index in [2.05, 4.69) is 15.3 Å². The van der Waals surface area contributed by atoms with Gasteiger partial charge >= 0.3 is 0 Å². The van der Waals surface area contributed by atoms with E-state index in [4.69, 9.17) is 0 Å². The normalized spacial score (nSPS) is 10.5. The number of rotatable bonds is 5. The molecule has 100 valence electrons. The van der Waals surface area contributed by atoms with Crippen LogP contribution in [0.25, 0.3) is 0 Å². The molecule has 0 fully saturated rings. The molecule has 5 heteroatoms. The minimum Gasteiger partial charge on any atom is -0.328 e. The van der Waals surface area contributed by atoms with Gasteiger partial charge in [0.2, 0.25) is 0 Å². The third kappa shape index (κ3) is 3.48. The van der Waals surface area contributed by atoms with Crippen LogP contribution in [0, 0.1) is 5.82 Å². The molecule has 4 nitrogen and oxygen atoms in total. The Labute approximate surface area is 112 Å². The minimum absolute atomic E-state index is 0.246. The molecular formula is C14H17FN4. The summed E-state index contributed by atoms with van der Waals surface area (Å²) in [6.07, 6.45) is 3.47. The third-order valence-corrected chi connectivity index (χ3v) is 2.81. The fourth-order valence-corrected chi connectivity index (χ4v) is 1.66. The molecule has 2 aromatic rings. The molecule has 2 rings (SSSR count). The van der Waals surface area contributed by atoms with Crippen LogP contribution in [0.3, 0.4) is 0 Å². The van der Waals surface area contributed by atoms with Crippen molar-refractivity contribution in [3.8, 4) is 0 Å². The molecule has 0 amide bonds. The second kappa shape index (κ2) is 6.24. The Morgan fingerprint density at radius 3 is 2.47 bits per heavy atom. The highest BCUT2D eigenvalue weighted by Crippen LogP contribution is 2.20. The van der Waals surface area contributed by atoms with Crippen molar-refractivity contribution in [1.82, 2.24) is 15.3 Å². The van der Waals surface area contributed by atoms with Gasteiger partial charge in [-0.25, -0.2) is 9.37 Å². The SMILES string of the molecule is CCNCc1cnc(N(C)c2ccc(F)cc2)cn1. The van der Waals surface area contributed by atoms with E-state index in [-0.39, 0.29) is 5.82 Å². The van der Waals surface area contributed by atoms with E-state index in [1.165, 1.54) is 12.1 Å². The lowest BCUT2D eigenvalue weighted by Gasteiger charge is -2.17. The summed E-state index contributed by atoms with van der Waals surface area (Å²) in [5.74, 6) is 0.482. The quantitative estimate of drug-likeness (QED) is 0.896. The topological polar surface area (TPSA) is 41.1 Å². The zero-order valence-electron chi connectivity index (χ0n) is 11.1. The summed E-state index contributed by atoms with van der Waals surface area (Å²) in [4.78, 5) is 10.6. The first kappa shape index (κ1) is 13.4. The average Bonchev–Trinajstić information content (AvgIpc) is 2.46. The first-order valence-corrected chi connectivity index (χ1v) is 6.21. The van der Waals surface area contributed by atoms with E-state index >= 15 is 0 Å². The summed E-state index contributed by atoms with van der Waals surface area (Å²) < 4.78 is 12.9. The van der Waals surface area contributed by atoms with E-state index < -0.39 is 0 Å². The predicted octanol–water partition coefficient (Wildman–Crippen LogP) is 2.49. The van der Waals surface area contributed by atoms with E-state index in [1.54, 1.807) is 24.5 Å². The summed E-state index contributed by atoms with van der Waals surface area (Å²) in [6, 6.07) is 6.28. The maximum atomic E-state index is 12.9. The number of anilines is 2. The third-order valence-electron chi connectivity index (χ3n) is 2.81. The lowest BCUT2D eigenvalue weighted by molar-refractivity contribution is 0.628. The van der Waals surface area contributed by atoms with Gasteiger partial charge in [0.05, 0.1) is 18.1 Å². The number of hydrogen-bond donors (Lipinski definition) is 1. The van der Waals surface area contributed by atoms with Gasteiger partial charge in [-0.3, -0.25) is 4.98 Å². The summed E-state index contributed by atoms with van der Waals surface area (Å²) in [5, 5.41) is 3.19. The van der Waals surface area contributed by atoms with Gasteiger partial charge in [0.25, 0.3) is 0 Å². The molecule has 0 radical (unpaired) electrons. The Morgan fingerprint density at radius 1 is 1.16 bits per heavy atom. The van der Waals surface area contributed by atoms with Crippen molar-refractivity contribution >= 4 is 11.5 Å². The molecule has 0 atom stereocenters.